The van der Waals surface area contributed by atoms with Gasteiger partial charge in [0.05, 0.1) is 23.4 Å². The second kappa shape index (κ2) is 9.57. The minimum absolute atomic E-state index is 0.0311. The lowest BCUT2D eigenvalue weighted by Gasteiger charge is -2.09. The Morgan fingerprint density at radius 2 is 1.94 bits per heavy atom. The Morgan fingerprint density at radius 1 is 1.16 bits per heavy atom. The van der Waals surface area contributed by atoms with Crippen molar-refractivity contribution in [1.82, 2.24) is 9.55 Å². The summed E-state index contributed by atoms with van der Waals surface area (Å²) in [6, 6.07) is 5.73. The number of benzene rings is 1. The highest BCUT2D eigenvalue weighted by atomic mass is 32.1. The Labute approximate surface area is 184 Å². The van der Waals surface area contributed by atoms with Gasteiger partial charge in [-0.25, -0.2) is 9.78 Å². The molecule has 2 N–H and O–H groups in total. The Morgan fingerprint density at radius 3 is 2.58 bits per heavy atom. The SMILES string of the molecule is CCOC(=O)c1c(NC(=O)Cn2ccnc2)sc(C(=O)Nc2ccc(C)cc2C)c1C. The van der Waals surface area contributed by atoms with E-state index in [1.54, 1.807) is 30.8 Å². The van der Waals surface area contributed by atoms with Crippen LogP contribution in [0.1, 0.15) is 43.6 Å². The Hall–Kier alpha value is -3.46. The number of amides is 2. The number of hydrogen-bond donors (Lipinski definition) is 2. The molecule has 0 radical (unpaired) electrons. The number of rotatable bonds is 7. The van der Waals surface area contributed by atoms with E-state index < -0.39 is 5.97 Å². The van der Waals surface area contributed by atoms with Crippen LogP contribution in [0.25, 0.3) is 0 Å². The summed E-state index contributed by atoms with van der Waals surface area (Å²) in [5.41, 5.74) is 3.37. The number of aryl methyl sites for hydroxylation is 2. The van der Waals surface area contributed by atoms with Gasteiger partial charge in [0.25, 0.3) is 5.91 Å². The zero-order valence-corrected chi connectivity index (χ0v) is 18.6. The number of imidazole rings is 1. The lowest BCUT2D eigenvalue weighted by Crippen LogP contribution is -2.19. The summed E-state index contributed by atoms with van der Waals surface area (Å²) >= 11 is 1.05. The summed E-state index contributed by atoms with van der Waals surface area (Å²) in [5, 5.41) is 5.91. The van der Waals surface area contributed by atoms with Gasteiger partial charge in [-0.1, -0.05) is 17.7 Å². The van der Waals surface area contributed by atoms with Crippen LogP contribution >= 0.6 is 11.3 Å². The van der Waals surface area contributed by atoms with E-state index in [1.807, 2.05) is 32.0 Å². The smallest absolute Gasteiger partial charge is 0.341 e. The first kappa shape index (κ1) is 22.2. The standard InChI is InChI=1S/C22H24N4O4S/c1-5-30-22(29)18-15(4)19(20(28)24-16-7-6-13(2)10-14(16)3)31-21(18)25-17(27)11-26-9-8-23-12-26/h6-10,12H,5,11H2,1-4H3,(H,24,28)(H,25,27). The molecule has 0 aliphatic heterocycles. The van der Waals surface area contributed by atoms with Crippen molar-refractivity contribution < 1.29 is 19.1 Å². The molecule has 9 heteroatoms. The first-order valence-corrected chi connectivity index (χ1v) is 10.6. The Bertz CT molecular complexity index is 1120. The predicted molar refractivity (Wildman–Crippen MR) is 120 cm³/mol. The van der Waals surface area contributed by atoms with Crippen LogP contribution in [0, 0.1) is 20.8 Å². The van der Waals surface area contributed by atoms with Crippen molar-refractivity contribution in [1.29, 1.82) is 0 Å². The number of carbonyl (C=O) groups is 3. The number of aromatic nitrogens is 2. The Kier molecular flexibility index (Phi) is 6.86. The zero-order chi connectivity index (χ0) is 22.5. The summed E-state index contributed by atoms with van der Waals surface area (Å²) in [6.45, 7) is 7.47. The van der Waals surface area contributed by atoms with Gasteiger partial charge in [0.1, 0.15) is 11.5 Å². The van der Waals surface area contributed by atoms with Crippen molar-refractivity contribution >= 4 is 39.8 Å². The third-order valence-corrected chi connectivity index (χ3v) is 5.81. The van der Waals surface area contributed by atoms with Gasteiger partial charge >= 0.3 is 5.97 Å². The van der Waals surface area contributed by atoms with Gasteiger partial charge in [-0.05, 0) is 44.9 Å². The summed E-state index contributed by atoms with van der Waals surface area (Å²) < 4.78 is 6.75. The van der Waals surface area contributed by atoms with Gasteiger partial charge < -0.3 is 19.9 Å². The number of esters is 1. The van der Waals surface area contributed by atoms with Crippen LogP contribution in [-0.2, 0) is 16.1 Å². The fraction of sp³-hybridized carbons (Fsp3) is 0.273. The van der Waals surface area contributed by atoms with Crippen molar-refractivity contribution in [2.24, 2.45) is 0 Å². The summed E-state index contributed by atoms with van der Waals surface area (Å²) in [4.78, 5) is 42.2. The molecule has 0 spiro atoms. The van der Waals surface area contributed by atoms with E-state index in [-0.39, 0.29) is 35.5 Å². The van der Waals surface area contributed by atoms with E-state index in [4.69, 9.17) is 4.74 Å². The molecule has 2 aromatic heterocycles. The highest BCUT2D eigenvalue weighted by Crippen LogP contribution is 2.34. The summed E-state index contributed by atoms with van der Waals surface area (Å²) in [5.74, 6) is -1.28. The van der Waals surface area contributed by atoms with Crippen molar-refractivity contribution in [2.75, 3.05) is 17.2 Å². The van der Waals surface area contributed by atoms with E-state index in [0.717, 1.165) is 22.5 Å². The van der Waals surface area contributed by atoms with Gasteiger partial charge in [0.15, 0.2) is 0 Å². The van der Waals surface area contributed by atoms with Crippen LogP contribution in [0.4, 0.5) is 10.7 Å². The van der Waals surface area contributed by atoms with Crippen LogP contribution in [0.2, 0.25) is 0 Å². The predicted octanol–water partition coefficient (Wildman–Crippen LogP) is 3.94. The topological polar surface area (TPSA) is 102 Å². The quantitative estimate of drug-likeness (QED) is 0.542. The molecule has 31 heavy (non-hydrogen) atoms. The molecule has 0 atom stereocenters. The van der Waals surface area contributed by atoms with Crippen LogP contribution in [0.5, 0.6) is 0 Å². The number of hydrogen-bond acceptors (Lipinski definition) is 6. The lowest BCUT2D eigenvalue weighted by molar-refractivity contribution is -0.116. The van der Waals surface area contributed by atoms with Gasteiger partial charge in [-0.3, -0.25) is 9.59 Å². The van der Waals surface area contributed by atoms with Crippen molar-refractivity contribution in [3.05, 3.63) is 64.1 Å². The van der Waals surface area contributed by atoms with E-state index in [9.17, 15) is 14.4 Å². The number of nitrogens with one attached hydrogen (secondary N) is 2. The second-order valence-electron chi connectivity index (χ2n) is 7.04. The molecule has 0 aliphatic carbocycles. The van der Waals surface area contributed by atoms with Crippen LogP contribution < -0.4 is 10.6 Å². The van der Waals surface area contributed by atoms with Gasteiger partial charge in [0, 0.05) is 18.1 Å². The average molecular weight is 441 g/mol. The van der Waals surface area contributed by atoms with E-state index in [1.165, 1.54) is 6.33 Å². The first-order valence-electron chi connectivity index (χ1n) is 9.74. The molecule has 0 saturated heterocycles. The molecule has 0 aliphatic rings. The van der Waals surface area contributed by atoms with Gasteiger partial charge in [-0.15, -0.1) is 11.3 Å². The maximum Gasteiger partial charge on any atom is 0.341 e. The molecule has 3 rings (SSSR count). The maximum atomic E-state index is 13.0. The second-order valence-corrected chi connectivity index (χ2v) is 8.06. The molecule has 162 valence electrons. The number of carbonyl (C=O) groups excluding carboxylic acids is 3. The third kappa shape index (κ3) is 5.18. The number of nitrogens with zero attached hydrogens (tertiary/aromatic N) is 2. The Balaban J connectivity index is 1.89. The molecule has 2 amide bonds. The largest absolute Gasteiger partial charge is 0.462 e. The molecule has 3 aromatic rings. The fourth-order valence-electron chi connectivity index (χ4n) is 3.11. The molecular formula is C22H24N4O4S. The summed E-state index contributed by atoms with van der Waals surface area (Å²) in [7, 11) is 0. The zero-order valence-electron chi connectivity index (χ0n) is 17.8. The molecule has 0 saturated carbocycles. The molecular weight excluding hydrogens is 416 g/mol. The van der Waals surface area contributed by atoms with E-state index in [2.05, 4.69) is 15.6 Å². The maximum absolute atomic E-state index is 13.0. The minimum Gasteiger partial charge on any atom is -0.462 e. The van der Waals surface area contributed by atoms with Crippen LogP contribution in [-0.4, -0.2) is 33.9 Å². The highest BCUT2D eigenvalue weighted by Gasteiger charge is 2.27. The fourth-order valence-corrected chi connectivity index (χ4v) is 4.22. The minimum atomic E-state index is -0.584. The molecule has 0 fully saturated rings. The number of anilines is 2. The molecule has 8 nitrogen and oxygen atoms in total. The lowest BCUT2D eigenvalue weighted by atomic mass is 10.1. The first-order chi connectivity index (χ1) is 14.8. The van der Waals surface area contributed by atoms with Crippen molar-refractivity contribution in [3.8, 4) is 0 Å². The van der Waals surface area contributed by atoms with Gasteiger partial charge in [-0.2, -0.15) is 0 Å². The molecule has 0 bridgehead atoms. The van der Waals surface area contributed by atoms with Gasteiger partial charge in [0.2, 0.25) is 5.91 Å². The highest BCUT2D eigenvalue weighted by molar-refractivity contribution is 7.18. The summed E-state index contributed by atoms with van der Waals surface area (Å²) in [6.07, 6.45) is 4.75. The number of ether oxygens (including phenoxy) is 1. The van der Waals surface area contributed by atoms with Crippen molar-refractivity contribution in [2.45, 2.75) is 34.2 Å². The monoisotopic (exact) mass is 440 g/mol. The van der Waals surface area contributed by atoms with Crippen molar-refractivity contribution in [3.63, 3.8) is 0 Å². The molecule has 1 aromatic carbocycles. The third-order valence-electron chi connectivity index (χ3n) is 4.60. The van der Waals surface area contributed by atoms with E-state index in [0.29, 0.717) is 16.1 Å². The molecule has 2 heterocycles. The van der Waals surface area contributed by atoms with Crippen LogP contribution in [0.15, 0.2) is 36.9 Å². The van der Waals surface area contributed by atoms with Crippen LogP contribution in [0.3, 0.4) is 0 Å². The normalized spacial score (nSPS) is 10.6. The average Bonchev–Trinajstić information content (AvgIpc) is 3.31. The number of thiophene rings is 1. The van der Waals surface area contributed by atoms with E-state index >= 15 is 0 Å². The molecule has 0 unspecified atom stereocenters.